The number of halogens is 1. The third kappa shape index (κ3) is 7.69. The SMILES string of the molecule is COc1ccc(CN=C(N)NCCCN2CCN(c3ncccn3)CC2)cc1OC.I. The zero-order valence-electron chi connectivity index (χ0n) is 18.2. The predicted molar refractivity (Wildman–Crippen MR) is 134 cm³/mol. The van der Waals surface area contributed by atoms with Crippen molar-refractivity contribution in [2.75, 3.05) is 58.4 Å². The van der Waals surface area contributed by atoms with Gasteiger partial charge in [-0.15, -0.1) is 24.0 Å². The first-order valence-electron chi connectivity index (χ1n) is 10.2. The second-order valence-electron chi connectivity index (χ2n) is 7.05. The van der Waals surface area contributed by atoms with Gasteiger partial charge in [0.05, 0.1) is 20.8 Å². The maximum atomic E-state index is 6.00. The summed E-state index contributed by atoms with van der Waals surface area (Å²) in [5.41, 5.74) is 7.01. The highest BCUT2D eigenvalue weighted by Crippen LogP contribution is 2.27. The zero-order valence-corrected chi connectivity index (χ0v) is 20.5. The summed E-state index contributed by atoms with van der Waals surface area (Å²) in [6.45, 7) is 6.24. The molecule has 9 nitrogen and oxygen atoms in total. The lowest BCUT2D eigenvalue weighted by molar-refractivity contribution is 0.254. The molecular weight excluding hydrogens is 509 g/mol. The standard InChI is InChI=1S/C21H31N7O2.HI/c1-29-18-6-5-17(15-19(18)30-2)16-26-20(22)23-9-4-10-27-11-13-28(14-12-27)21-24-7-3-8-25-21;/h3,5-8,15H,4,9-14,16H2,1-2H3,(H3,22,23,26);1H. The number of nitrogens with one attached hydrogen (secondary N) is 1. The number of nitrogens with two attached hydrogens (primary N) is 1. The fourth-order valence-electron chi connectivity index (χ4n) is 3.36. The second kappa shape index (κ2) is 13.2. The summed E-state index contributed by atoms with van der Waals surface area (Å²) in [6.07, 6.45) is 4.59. The Morgan fingerprint density at radius 3 is 2.48 bits per heavy atom. The van der Waals surface area contributed by atoms with Crippen LogP contribution in [0.5, 0.6) is 11.5 Å². The first-order valence-corrected chi connectivity index (χ1v) is 10.2. The normalized spacial score (nSPS) is 14.6. The Labute approximate surface area is 201 Å². The van der Waals surface area contributed by atoms with Crippen molar-refractivity contribution in [1.82, 2.24) is 20.2 Å². The average Bonchev–Trinajstić information content (AvgIpc) is 2.81. The third-order valence-electron chi connectivity index (χ3n) is 5.04. The molecule has 0 unspecified atom stereocenters. The Hall–Kier alpha value is -2.34. The number of anilines is 1. The molecule has 1 aliphatic heterocycles. The van der Waals surface area contributed by atoms with Gasteiger partial charge in [-0.05, 0) is 36.7 Å². The van der Waals surface area contributed by atoms with Crippen LogP contribution in [-0.2, 0) is 6.54 Å². The number of methoxy groups -OCH3 is 2. The number of guanidine groups is 1. The van der Waals surface area contributed by atoms with E-state index in [0.717, 1.165) is 57.2 Å². The van der Waals surface area contributed by atoms with E-state index in [4.69, 9.17) is 15.2 Å². The molecule has 1 fully saturated rings. The molecule has 0 spiro atoms. The van der Waals surface area contributed by atoms with Crippen LogP contribution in [0.4, 0.5) is 5.95 Å². The molecule has 0 aliphatic carbocycles. The van der Waals surface area contributed by atoms with E-state index in [1.165, 1.54) is 0 Å². The van der Waals surface area contributed by atoms with Gasteiger partial charge in [0.2, 0.25) is 5.95 Å². The Balaban J connectivity index is 0.00000341. The molecule has 1 saturated heterocycles. The molecule has 2 heterocycles. The highest BCUT2D eigenvalue weighted by atomic mass is 127. The van der Waals surface area contributed by atoms with E-state index in [1.54, 1.807) is 26.6 Å². The van der Waals surface area contributed by atoms with Crippen LogP contribution in [0.15, 0.2) is 41.7 Å². The Bertz CT molecular complexity index is 815. The van der Waals surface area contributed by atoms with E-state index in [2.05, 4.69) is 30.1 Å². The summed E-state index contributed by atoms with van der Waals surface area (Å²) >= 11 is 0. The number of hydrogen-bond acceptors (Lipinski definition) is 7. The van der Waals surface area contributed by atoms with Crippen molar-refractivity contribution in [3.05, 3.63) is 42.2 Å². The van der Waals surface area contributed by atoms with Crippen LogP contribution in [-0.4, -0.2) is 74.3 Å². The molecule has 0 atom stereocenters. The molecule has 1 aliphatic rings. The molecule has 1 aromatic heterocycles. The molecule has 2 aromatic rings. The lowest BCUT2D eigenvalue weighted by Gasteiger charge is -2.34. The maximum absolute atomic E-state index is 6.00. The van der Waals surface area contributed by atoms with E-state index < -0.39 is 0 Å². The van der Waals surface area contributed by atoms with Gasteiger partial charge in [-0.1, -0.05) is 6.07 Å². The number of benzene rings is 1. The van der Waals surface area contributed by atoms with E-state index in [9.17, 15) is 0 Å². The van der Waals surface area contributed by atoms with Gasteiger partial charge in [-0.25, -0.2) is 15.0 Å². The van der Waals surface area contributed by atoms with Gasteiger partial charge < -0.3 is 25.4 Å². The Morgan fingerprint density at radius 1 is 1.10 bits per heavy atom. The number of aliphatic imine (C=N–C) groups is 1. The van der Waals surface area contributed by atoms with Crippen molar-refractivity contribution >= 4 is 35.9 Å². The molecule has 3 rings (SSSR count). The molecule has 170 valence electrons. The lowest BCUT2D eigenvalue weighted by Crippen LogP contribution is -2.47. The van der Waals surface area contributed by atoms with Crippen LogP contribution in [0.25, 0.3) is 0 Å². The summed E-state index contributed by atoms with van der Waals surface area (Å²) in [5.74, 6) is 2.66. The minimum atomic E-state index is 0. The van der Waals surface area contributed by atoms with Gasteiger partial charge in [0.1, 0.15) is 0 Å². The summed E-state index contributed by atoms with van der Waals surface area (Å²) < 4.78 is 10.6. The van der Waals surface area contributed by atoms with Crippen LogP contribution in [0, 0.1) is 0 Å². The molecule has 0 radical (unpaired) electrons. The summed E-state index contributed by atoms with van der Waals surface area (Å²) in [7, 11) is 3.24. The molecule has 31 heavy (non-hydrogen) atoms. The number of rotatable bonds is 9. The van der Waals surface area contributed by atoms with Crippen molar-refractivity contribution < 1.29 is 9.47 Å². The smallest absolute Gasteiger partial charge is 0.225 e. The molecule has 3 N–H and O–H groups in total. The topological polar surface area (TPSA) is 101 Å². The fraction of sp³-hybridized carbons (Fsp3) is 0.476. The largest absolute Gasteiger partial charge is 0.493 e. The van der Waals surface area contributed by atoms with Gasteiger partial charge in [0.15, 0.2) is 17.5 Å². The monoisotopic (exact) mass is 541 g/mol. The van der Waals surface area contributed by atoms with Crippen LogP contribution in [0.1, 0.15) is 12.0 Å². The minimum Gasteiger partial charge on any atom is -0.493 e. The van der Waals surface area contributed by atoms with Crippen molar-refractivity contribution in [3.63, 3.8) is 0 Å². The van der Waals surface area contributed by atoms with Crippen LogP contribution in [0.2, 0.25) is 0 Å². The molecule has 0 saturated carbocycles. The van der Waals surface area contributed by atoms with Crippen LogP contribution in [0.3, 0.4) is 0 Å². The number of piperazine rings is 1. The van der Waals surface area contributed by atoms with Gasteiger partial charge in [0, 0.05) is 45.1 Å². The van der Waals surface area contributed by atoms with E-state index in [1.807, 2.05) is 24.3 Å². The van der Waals surface area contributed by atoms with Crippen molar-refractivity contribution in [3.8, 4) is 11.5 Å². The van der Waals surface area contributed by atoms with Crippen LogP contribution < -0.4 is 25.4 Å². The number of aromatic nitrogens is 2. The second-order valence-corrected chi connectivity index (χ2v) is 7.05. The van der Waals surface area contributed by atoms with Crippen LogP contribution >= 0.6 is 24.0 Å². The summed E-state index contributed by atoms with van der Waals surface area (Å²) in [6, 6.07) is 7.58. The summed E-state index contributed by atoms with van der Waals surface area (Å²) in [4.78, 5) is 17.7. The quantitative estimate of drug-likeness (QED) is 0.214. The first kappa shape index (κ1) is 24.9. The average molecular weight is 541 g/mol. The molecule has 0 amide bonds. The zero-order chi connectivity index (χ0) is 21.2. The summed E-state index contributed by atoms with van der Waals surface area (Å²) in [5, 5.41) is 3.19. The fourth-order valence-corrected chi connectivity index (χ4v) is 3.36. The van der Waals surface area contributed by atoms with Crippen molar-refractivity contribution in [2.24, 2.45) is 10.7 Å². The van der Waals surface area contributed by atoms with Crippen molar-refractivity contribution in [2.45, 2.75) is 13.0 Å². The molecule has 0 bridgehead atoms. The van der Waals surface area contributed by atoms with Crippen molar-refractivity contribution in [1.29, 1.82) is 0 Å². The van der Waals surface area contributed by atoms with E-state index in [-0.39, 0.29) is 24.0 Å². The van der Waals surface area contributed by atoms with Gasteiger partial charge >= 0.3 is 0 Å². The van der Waals surface area contributed by atoms with Gasteiger partial charge in [-0.3, -0.25) is 4.90 Å². The lowest BCUT2D eigenvalue weighted by atomic mass is 10.2. The van der Waals surface area contributed by atoms with E-state index >= 15 is 0 Å². The van der Waals surface area contributed by atoms with E-state index in [0.29, 0.717) is 24.0 Å². The molecule has 10 heteroatoms. The molecule has 1 aromatic carbocycles. The number of hydrogen-bond donors (Lipinski definition) is 2. The van der Waals surface area contributed by atoms with Gasteiger partial charge in [0.25, 0.3) is 0 Å². The highest BCUT2D eigenvalue weighted by Gasteiger charge is 2.18. The number of nitrogens with zero attached hydrogens (tertiary/aromatic N) is 5. The first-order chi connectivity index (χ1) is 14.7. The minimum absolute atomic E-state index is 0. The maximum Gasteiger partial charge on any atom is 0.225 e. The van der Waals surface area contributed by atoms with Gasteiger partial charge in [-0.2, -0.15) is 0 Å². The number of ether oxygens (including phenoxy) is 2. The Kier molecular flexibility index (Phi) is 10.6. The predicted octanol–water partition coefficient (Wildman–Crippen LogP) is 1.73. The highest BCUT2D eigenvalue weighted by molar-refractivity contribution is 14.0. The Morgan fingerprint density at radius 2 is 1.81 bits per heavy atom. The molecular formula is C21H32IN7O2. The third-order valence-corrected chi connectivity index (χ3v) is 5.04.